The number of nitro groups is 1. The fraction of sp³-hybridized carbons (Fsp3) is 0.600. The van der Waals surface area contributed by atoms with Crippen molar-refractivity contribution in [1.29, 1.82) is 0 Å². The molecule has 1 aliphatic rings. The molecular formula is C15H23N3O2. The Morgan fingerprint density at radius 2 is 1.80 bits per heavy atom. The van der Waals surface area contributed by atoms with Crippen molar-refractivity contribution in [2.45, 2.75) is 25.7 Å². The Bertz CT molecular complexity index is 414. The highest BCUT2D eigenvalue weighted by Gasteiger charge is 2.08. The molecule has 1 aliphatic heterocycles. The zero-order valence-electron chi connectivity index (χ0n) is 11.9. The van der Waals surface area contributed by atoms with Crippen LogP contribution >= 0.6 is 0 Å². The summed E-state index contributed by atoms with van der Waals surface area (Å²) in [6.45, 7) is 5.55. The van der Waals surface area contributed by atoms with E-state index in [-0.39, 0.29) is 10.6 Å². The number of nitrogens with zero attached hydrogens (tertiary/aromatic N) is 2. The topological polar surface area (TPSA) is 58.4 Å². The van der Waals surface area contributed by atoms with Gasteiger partial charge in [0.2, 0.25) is 0 Å². The lowest BCUT2D eigenvalue weighted by atomic mass is 10.1. The quantitative estimate of drug-likeness (QED) is 0.471. The Labute approximate surface area is 120 Å². The summed E-state index contributed by atoms with van der Waals surface area (Å²) in [6, 6.07) is 6.82. The maximum Gasteiger partial charge on any atom is 0.269 e. The van der Waals surface area contributed by atoms with Gasteiger partial charge in [-0.2, -0.15) is 0 Å². The second-order valence-corrected chi connectivity index (χ2v) is 5.33. The number of nitrogens with one attached hydrogen (secondary N) is 1. The number of hydrogen-bond donors (Lipinski definition) is 1. The Morgan fingerprint density at radius 3 is 2.45 bits per heavy atom. The largest absolute Gasteiger partial charge is 0.315 e. The monoisotopic (exact) mass is 277 g/mol. The van der Waals surface area contributed by atoms with Crippen LogP contribution in [0.3, 0.4) is 0 Å². The standard InChI is InChI=1S/C15H23N3O2/c19-18(20)15-6-4-14(5-7-15)8-9-16-10-13-17-11-2-1-3-12-17/h4-7,16H,1-3,8-13H2. The van der Waals surface area contributed by atoms with Crippen LogP contribution in [0.1, 0.15) is 24.8 Å². The molecule has 20 heavy (non-hydrogen) atoms. The third kappa shape index (κ3) is 4.90. The second-order valence-electron chi connectivity index (χ2n) is 5.33. The molecule has 1 aromatic carbocycles. The molecule has 0 amide bonds. The molecule has 5 heteroatoms. The first-order chi connectivity index (χ1) is 9.75. The molecule has 1 fully saturated rings. The molecule has 5 nitrogen and oxygen atoms in total. The Hall–Kier alpha value is -1.46. The lowest BCUT2D eigenvalue weighted by molar-refractivity contribution is -0.384. The highest BCUT2D eigenvalue weighted by atomic mass is 16.6. The molecule has 0 aromatic heterocycles. The van der Waals surface area contributed by atoms with Gasteiger partial charge in [-0.3, -0.25) is 10.1 Å². The van der Waals surface area contributed by atoms with Crippen molar-refractivity contribution < 1.29 is 4.92 Å². The van der Waals surface area contributed by atoms with Gasteiger partial charge >= 0.3 is 0 Å². The number of nitro benzene ring substituents is 1. The summed E-state index contributed by atoms with van der Waals surface area (Å²) in [5.74, 6) is 0. The van der Waals surface area contributed by atoms with E-state index in [2.05, 4.69) is 10.2 Å². The van der Waals surface area contributed by atoms with E-state index in [1.807, 2.05) is 12.1 Å². The normalized spacial score (nSPS) is 16.2. The minimum Gasteiger partial charge on any atom is -0.315 e. The van der Waals surface area contributed by atoms with Gasteiger partial charge in [-0.05, 0) is 44.5 Å². The van der Waals surface area contributed by atoms with E-state index in [0.29, 0.717) is 0 Å². The Morgan fingerprint density at radius 1 is 1.10 bits per heavy atom. The van der Waals surface area contributed by atoms with Crippen LogP contribution in [0.25, 0.3) is 0 Å². The Kier molecular flexibility index (Phi) is 5.95. The summed E-state index contributed by atoms with van der Waals surface area (Å²) in [6.07, 6.45) is 4.97. The molecule has 0 spiro atoms. The molecule has 1 N–H and O–H groups in total. The first-order valence-corrected chi connectivity index (χ1v) is 7.42. The van der Waals surface area contributed by atoms with Crippen molar-refractivity contribution in [3.05, 3.63) is 39.9 Å². The summed E-state index contributed by atoms with van der Waals surface area (Å²) in [4.78, 5) is 12.7. The van der Waals surface area contributed by atoms with Crippen molar-refractivity contribution in [3.63, 3.8) is 0 Å². The Balaban J connectivity index is 1.59. The third-order valence-corrected chi connectivity index (χ3v) is 3.79. The highest BCUT2D eigenvalue weighted by molar-refractivity contribution is 5.32. The third-order valence-electron chi connectivity index (χ3n) is 3.79. The number of piperidine rings is 1. The van der Waals surface area contributed by atoms with E-state index in [1.165, 1.54) is 32.4 Å². The summed E-state index contributed by atoms with van der Waals surface area (Å²) in [5, 5.41) is 14.0. The molecule has 110 valence electrons. The van der Waals surface area contributed by atoms with Crippen LogP contribution in [0, 0.1) is 10.1 Å². The van der Waals surface area contributed by atoms with Crippen molar-refractivity contribution in [3.8, 4) is 0 Å². The highest BCUT2D eigenvalue weighted by Crippen LogP contribution is 2.12. The molecule has 0 unspecified atom stereocenters. The lowest BCUT2D eigenvalue weighted by Gasteiger charge is -2.26. The predicted octanol–water partition coefficient (Wildman–Crippen LogP) is 2.21. The minimum atomic E-state index is -0.360. The van der Waals surface area contributed by atoms with E-state index in [0.717, 1.165) is 31.6 Å². The van der Waals surface area contributed by atoms with Gasteiger partial charge in [0.15, 0.2) is 0 Å². The number of hydrogen-bond acceptors (Lipinski definition) is 4. The van der Waals surface area contributed by atoms with Crippen molar-refractivity contribution in [2.24, 2.45) is 0 Å². The van der Waals surface area contributed by atoms with Crippen LogP contribution in [-0.2, 0) is 6.42 Å². The lowest BCUT2D eigenvalue weighted by Crippen LogP contribution is -2.36. The van der Waals surface area contributed by atoms with E-state index < -0.39 is 0 Å². The molecule has 2 rings (SSSR count). The molecule has 1 heterocycles. The van der Waals surface area contributed by atoms with Gasteiger partial charge in [-0.1, -0.05) is 18.6 Å². The average Bonchev–Trinajstić information content (AvgIpc) is 2.48. The fourth-order valence-corrected chi connectivity index (χ4v) is 2.56. The van der Waals surface area contributed by atoms with Crippen LogP contribution in [0.4, 0.5) is 5.69 Å². The molecule has 0 saturated carbocycles. The first-order valence-electron chi connectivity index (χ1n) is 7.42. The zero-order chi connectivity index (χ0) is 14.2. The summed E-state index contributed by atoms with van der Waals surface area (Å²) >= 11 is 0. The van der Waals surface area contributed by atoms with E-state index in [1.54, 1.807) is 12.1 Å². The summed E-state index contributed by atoms with van der Waals surface area (Å²) in [7, 11) is 0. The molecular weight excluding hydrogens is 254 g/mol. The maximum atomic E-state index is 10.6. The van der Waals surface area contributed by atoms with Crippen LogP contribution in [0.5, 0.6) is 0 Å². The number of rotatable bonds is 7. The summed E-state index contributed by atoms with van der Waals surface area (Å²) < 4.78 is 0. The van der Waals surface area contributed by atoms with Gasteiger partial charge in [0.1, 0.15) is 0 Å². The molecule has 0 radical (unpaired) electrons. The SMILES string of the molecule is O=[N+]([O-])c1ccc(CCNCCN2CCCCC2)cc1. The van der Waals surface area contributed by atoms with Gasteiger partial charge < -0.3 is 10.2 Å². The van der Waals surface area contributed by atoms with Crippen LogP contribution < -0.4 is 5.32 Å². The van der Waals surface area contributed by atoms with Crippen molar-refractivity contribution >= 4 is 5.69 Å². The molecule has 0 aliphatic carbocycles. The van der Waals surface area contributed by atoms with E-state index in [4.69, 9.17) is 0 Å². The van der Waals surface area contributed by atoms with Crippen molar-refractivity contribution in [1.82, 2.24) is 10.2 Å². The average molecular weight is 277 g/mol. The van der Waals surface area contributed by atoms with Crippen LogP contribution in [-0.4, -0.2) is 42.5 Å². The van der Waals surface area contributed by atoms with Gasteiger partial charge in [0, 0.05) is 25.2 Å². The maximum absolute atomic E-state index is 10.6. The van der Waals surface area contributed by atoms with Gasteiger partial charge in [0.25, 0.3) is 5.69 Å². The van der Waals surface area contributed by atoms with E-state index in [9.17, 15) is 10.1 Å². The molecule has 0 bridgehead atoms. The number of likely N-dealkylation sites (tertiary alicyclic amines) is 1. The minimum absolute atomic E-state index is 0.159. The van der Waals surface area contributed by atoms with Crippen LogP contribution in [0.2, 0.25) is 0 Å². The van der Waals surface area contributed by atoms with Gasteiger partial charge in [-0.15, -0.1) is 0 Å². The number of benzene rings is 1. The van der Waals surface area contributed by atoms with E-state index >= 15 is 0 Å². The molecule has 0 atom stereocenters. The molecule has 1 aromatic rings. The van der Waals surface area contributed by atoms with Gasteiger partial charge in [0.05, 0.1) is 4.92 Å². The van der Waals surface area contributed by atoms with Gasteiger partial charge in [-0.25, -0.2) is 0 Å². The van der Waals surface area contributed by atoms with Crippen molar-refractivity contribution in [2.75, 3.05) is 32.7 Å². The summed E-state index contributed by atoms with van der Waals surface area (Å²) in [5.41, 5.74) is 1.30. The fourth-order valence-electron chi connectivity index (χ4n) is 2.56. The molecule has 1 saturated heterocycles. The van der Waals surface area contributed by atoms with Crippen LogP contribution in [0.15, 0.2) is 24.3 Å². The first kappa shape index (κ1) is 14.9. The second kappa shape index (κ2) is 7.97. The smallest absolute Gasteiger partial charge is 0.269 e. The predicted molar refractivity (Wildman–Crippen MR) is 80.0 cm³/mol. The zero-order valence-corrected chi connectivity index (χ0v) is 11.9. The number of non-ortho nitro benzene ring substituents is 1.